The Bertz CT molecular complexity index is 673. The number of alkyl halides is 18. The number of ether oxygens (including phenoxy) is 2. The summed E-state index contributed by atoms with van der Waals surface area (Å²) in [6, 6.07) is 0. The first-order chi connectivity index (χ1) is 13.4. The van der Waals surface area contributed by atoms with E-state index in [1.807, 2.05) is 0 Å². The molecule has 192 valence electrons. The second kappa shape index (κ2) is 6.62. The van der Waals surface area contributed by atoms with Crippen LogP contribution in [0.4, 0.5) is 79.0 Å². The summed E-state index contributed by atoms with van der Waals surface area (Å²) < 4.78 is 225. The molecule has 0 aromatic carbocycles. The van der Waals surface area contributed by atoms with E-state index in [1.54, 1.807) is 0 Å². The van der Waals surface area contributed by atoms with Crippen molar-refractivity contribution in [3.05, 3.63) is 0 Å². The van der Waals surface area contributed by atoms with E-state index in [1.165, 1.54) is 0 Å². The van der Waals surface area contributed by atoms with Crippen LogP contribution in [0.5, 0.6) is 0 Å². The minimum atomic E-state index is -6.74. The molecule has 0 N–H and O–H groups in total. The van der Waals surface area contributed by atoms with Gasteiger partial charge in [0.15, 0.2) is 0 Å². The van der Waals surface area contributed by atoms with Crippen molar-refractivity contribution in [3.63, 3.8) is 0 Å². The zero-order valence-corrected chi connectivity index (χ0v) is 14.6. The highest BCUT2D eigenvalue weighted by molar-refractivity contribution is 5.15. The van der Waals surface area contributed by atoms with E-state index in [2.05, 4.69) is 9.47 Å². The molecule has 0 amide bonds. The Kier molecular flexibility index (Phi) is 5.94. The molecule has 4 atom stereocenters. The maximum atomic E-state index is 12.8. The van der Waals surface area contributed by atoms with Gasteiger partial charge in [-0.1, -0.05) is 0 Å². The summed E-state index contributed by atoms with van der Waals surface area (Å²) in [7, 11) is 0. The average molecular weight is 524 g/mol. The van der Waals surface area contributed by atoms with Gasteiger partial charge in [0.25, 0.3) is 11.7 Å². The van der Waals surface area contributed by atoms with E-state index in [0.29, 0.717) is 0 Å². The molecule has 0 bridgehead atoms. The third-order valence-corrected chi connectivity index (χ3v) is 4.04. The first-order valence-electron chi connectivity index (χ1n) is 7.22. The smallest absolute Gasteiger partial charge is 0.294 e. The van der Waals surface area contributed by atoms with Gasteiger partial charge in [-0.25, -0.2) is 8.78 Å². The lowest BCUT2D eigenvalue weighted by Crippen LogP contribution is -2.59. The quantitative estimate of drug-likeness (QED) is 0.314. The molecule has 2 saturated heterocycles. The van der Waals surface area contributed by atoms with E-state index >= 15 is 0 Å². The number of hydrogen-bond acceptors (Lipinski definition) is 2. The SMILES string of the molecule is CC1(F)OC1(F)C(F)(F)C(F)(F)C(F)(F)F.CC1(F)OC1(F)C(F)(F)C(F)(F)C(F)(F)F. The van der Waals surface area contributed by atoms with Gasteiger partial charge in [0.1, 0.15) is 0 Å². The number of hydrogen-bond donors (Lipinski definition) is 0. The fourth-order valence-electron chi connectivity index (χ4n) is 1.93. The van der Waals surface area contributed by atoms with Crippen LogP contribution < -0.4 is 0 Å². The normalized spacial score (nSPS) is 36.4. The Morgan fingerprint density at radius 3 is 0.688 bits per heavy atom. The number of halogens is 18. The molecule has 0 saturated carbocycles. The summed E-state index contributed by atoms with van der Waals surface area (Å²) >= 11 is 0. The van der Waals surface area contributed by atoms with Crippen molar-refractivity contribution in [2.24, 2.45) is 0 Å². The van der Waals surface area contributed by atoms with Crippen LogP contribution in [0.3, 0.4) is 0 Å². The van der Waals surface area contributed by atoms with Gasteiger partial charge in [0.05, 0.1) is 0 Å². The molecule has 2 rings (SSSR count). The predicted octanol–water partition coefficient (Wildman–Crippen LogP) is 6.40. The molecule has 0 aromatic heterocycles. The Morgan fingerprint density at radius 1 is 0.438 bits per heavy atom. The molecule has 32 heavy (non-hydrogen) atoms. The summed E-state index contributed by atoms with van der Waals surface area (Å²) in [6.07, 6.45) is -13.4. The van der Waals surface area contributed by atoms with Gasteiger partial charge >= 0.3 is 47.8 Å². The van der Waals surface area contributed by atoms with Gasteiger partial charge in [-0.05, 0) is 0 Å². The summed E-state index contributed by atoms with van der Waals surface area (Å²) in [5, 5.41) is 0. The summed E-state index contributed by atoms with van der Waals surface area (Å²) in [4.78, 5) is 0. The van der Waals surface area contributed by atoms with E-state index in [-0.39, 0.29) is 13.8 Å². The Morgan fingerprint density at radius 2 is 0.594 bits per heavy atom. The van der Waals surface area contributed by atoms with Gasteiger partial charge < -0.3 is 0 Å². The van der Waals surface area contributed by atoms with Crippen molar-refractivity contribution in [1.29, 1.82) is 0 Å². The number of epoxide rings is 2. The second-order valence-corrected chi connectivity index (χ2v) is 6.52. The van der Waals surface area contributed by atoms with E-state index < -0.39 is 59.5 Å². The molecule has 20 heteroatoms. The lowest BCUT2D eigenvalue weighted by atomic mass is 10.0. The number of rotatable bonds is 4. The third-order valence-electron chi connectivity index (χ3n) is 4.04. The molecular formula is C12H6F18O2. The average Bonchev–Trinajstić information content (AvgIpc) is 3.25. The summed E-state index contributed by atoms with van der Waals surface area (Å²) in [5.41, 5.74) is 0. The lowest BCUT2D eigenvalue weighted by molar-refractivity contribution is -0.378. The van der Waals surface area contributed by atoms with Gasteiger partial charge in [-0.2, -0.15) is 70.2 Å². The van der Waals surface area contributed by atoms with Crippen LogP contribution in [0.15, 0.2) is 0 Å². The van der Waals surface area contributed by atoms with Gasteiger partial charge in [0, 0.05) is 13.8 Å². The van der Waals surface area contributed by atoms with Crippen LogP contribution in [-0.4, -0.2) is 59.5 Å². The maximum absolute atomic E-state index is 12.8. The summed E-state index contributed by atoms with van der Waals surface area (Å²) in [6.45, 7) is -0.0409. The fourth-order valence-corrected chi connectivity index (χ4v) is 1.93. The topological polar surface area (TPSA) is 25.1 Å². The highest BCUT2D eigenvalue weighted by Crippen LogP contribution is 2.66. The van der Waals surface area contributed by atoms with Crippen LogP contribution >= 0.6 is 0 Å². The van der Waals surface area contributed by atoms with Crippen molar-refractivity contribution < 1.29 is 88.5 Å². The van der Waals surface area contributed by atoms with Crippen LogP contribution in [0.1, 0.15) is 13.8 Å². The monoisotopic (exact) mass is 524 g/mol. The van der Waals surface area contributed by atoms with Gasteiger partial charge in [-0.15, -0.1) is 0 Å². The van der Waals surface area contributed by atoms with E-state index in [0.717, 1.165) is 0 Å². The molecule has 2 aliphatic heterocycles. The van der Waals surface area contributed by atoms with Crippen LogP contribution in [0.25, 0.3) is 0 Å². The second-order valence-electron chi connectivity index (χ2n) is 6.52. The van der Waals surface area contributed by atoms with Crippen LogP contribution in [0.2, 0.25) is 0 Å². The molecule has 2 aliphatic rings. The maximum Gasteiger partial charge on any atom is 0.460 e. The van der Waals surface area contributed by atoms with Crippen molar-refractivity contribution in [2.75, 3.05) is 0 Å². The first-order valence-corrected chi connectivity index (χ1v) is 7.22. The first kappa shape index (κ1) is 28.7. The Labute approximate surface area is 163 Å². The molecule has 0 spiro atoms. The molecule has 2 fully saturated rings. The minimum Gasteiger partial charge on any atom is -0.294 e. The van der Waals surface area contributed by atoms with Crippen molar-refractivity contribution in [3.8, 4) is 0 Å². The van der Waals surface area contributed by atoms with E-state index in [4.69, 9.17) is 0 Å². The molecule has 4 unspecified atom stereocenters. The van der Waals surface area contributed by atoms with Crippen LogP contribution in [-0.2, 0) is 9.47 Å². The highest BCUT2D eigenvalue weighted by Gasteiger charge is 2.95. The Hall–Kier alpha value is -1.34. The van der Waals surface area contributed by atoms with Crippen LogP contribution in [0, 0.1) is 0 Å². The predicted molar refractivity (Wildman–Crippen MR) is 60.8 cm³/mol. The standard InChI is InChI=1S/2C6H3F9O/c2*1-2(7)5(12,16-2)3(8,9)4(10,11)6(13,14)15/h2*1H3. The van der Waals surface area contributed by atoms with Crippen molar-refractivity contribution in [2.45, 2.75) is 73.3 Å². The molecular weight excluding hydrogens is 518 g/mol. The van der Waals surface area contributed by atoms with Gasteiger partial charge in [-0.3, -0.25) is 9.47 Å². The molecule has 2 heterocycles. The minimum absolute atomic E-state index is 0.0205. The Balaban J connectivity index is 0.000000320. The largest absolute Gasteiger partial charge is 0.460 e. The van der Waals surface area contributed by atoms with Gasteiger partial charge in [0.2, 0.25) is 0 Å². The fraction of sp³-hybridized carbons (Fsp3) is 1.00. The zero-order chi connectivity index (χ0) is 26.4. The van der Waals surface area contributed by atoms with Crippen molar-refractivity contribution in [1.82, 2.24) is 0 Å². The lowest BCUT2D eigenvalue weighted by Gasteiger charge is -2.28. The molecule has 0 aliphatic carbocycles. The molecule has 0 aromatic rings. The zero-order valence-electron chi connectivity index (χ0n) is 14.6. The molecule has 2 nitrogen and oxygen atoms in total. The van der Waals surface area contributed by atoms with E-state index in [9.17, 15) is 79.0 Å². The third kappa shape index (κ3) is 3.54. The highest BCUT2D eigenvalue weighted by atomic mass is 19.4. The summed E-state index contributed by atoms with van der Waals surface area (Å²) in [5.74, 6) is -43.9. The van der Waals surface area contributed by atoms with Crippen molar-refractivity contribution >= 4 is 0 Å². The molecule has 0 radical (unpaired) electrons.